The minimum atomic E-state index is -3.13. The van der Waals surface area contributed by atoms with Crippen LogP contribution in [0.5, 0.6) is 0 Å². The Morgan fingerprint density at radius 2 is 1.79 bits per heavy atom. The van der Waals surface area contributed by atoms with E-state index in [0.29, 0.717) is 24.1 Å². The first kappa shape index (κ1) is 18.7. The van der Waals surface area contributed by atoms with E-state index in [9.17, 15) is 18.0 Å². The maximum atomic E-state index is 13.2. The maximum Gasteiger partial charge on any atom is 0.339 e. The molecule has 1 fully saturated rings. The molecule has 28 heavy (non-hydrogen) atoms. The number of carbonyl (C=O) groups is 2. The van der Waals surface area contributed by atoms with Crippen molar-refractivity contribution >= 4 is 21.7 Å². The molecule has 2 heterocycles. The average molecular weight is 399 g/mol. The van der Waals surface area contributed by atoms with Crippen molar-refractivity contribution in [2.24, 2.45) is 0 Å². The monoisotopic (exact) mass is 399 g/mol. The molecule has 7 heteroatoms. The van der Waals surface area contributed by atoms with Crippen LogP contribution in [0.3, 0.4) is 0 Å². The summed E-state index contributed by atoms with van der Waals surface area (Å²) in [4.78, 5) is 26.8. The van der Waals surface area contributed by atoms with E-state index >= 15 is 0 Å². The minimum absolute atomic E-state index is 0.00609. The molecule has 0 unspecified atom stereocenters. The average Bonchev–Trinajstić information content (AvgIpc) is 3.20. The Hall–Kier alpha value is -2.67. The Morgan fingerprint density at radius 1 is 1.07 bits per heavy atom. The topological polar surface area (TPSA) is 80.8 Å². The van der Waals surface area contributed by atoms with Gasteiger partial charge in [0, 0.05) is 18.2 Å². The number of benzene rings is 2. The van der Waals surface area contributed by atoms with Gasteiger partial charge < -0.3 is 9.64 Å². The highest BCUT2D eigenvalue weighted by molar-refractivity contribution is 7.91. The standard InChI is InChI=1S/C21H21NO5S/c23-20(12-19-17-8-4-5-9-18(17)21(24)27-19)22(13-15-6-2-1-3-7-15)16-10-11-28(25,26)14-16/h1-9,16,19H,10-14H2/t16-,19-/m0/s1. The molecule has 6 nitrogen and oxygen atoms in total. The molecule has 146 valence electrons. The number of ether oxygens (including phenoxy) is 1. The smallest absolute Gasteiger partial charge is 0.339 e. The molecule has 0 spiro atoms. The molecule has 0 N–H and O–H groups in total. The van der Waals surface area contributed by atoms with Gasteiger partial charge in [-0.05, 0) is 18.1 Å². The van der Waals surface area contributed by atoms with Gasteiger partial charge in [0.25, 0.3) is 0 Å². The van der Waals surface area contributed by atoms with Gasteiger partial charge in [-0.2, -0.15) is 0 Å². The summed E-state index contributed by atoms with van der Waals surface area (Å²) in [6.07, 6.45) is -0.193. The molecule has 1 amide bonds. The lowest BCUT2D eigenvalue weighted by atomic mass is 10.0. The SMILES string of the molecule is O=C1O[C@@H](CC(=O)N(Cc2ccccc2)[C@H]2CCS(=O)(=O)C2)c2ccccc21. The molecular formula is C21H21NO5S. The fraction of sp³-hybridized carbons (Fsp3) is 0.333. The maximum absolute atomic E-state index is 13.2. The van der Waals surface area contributed by atoms with Crippen LogP contribution in [-0.2, 0) is 25.9 Å². The van der Waals surface area contributed by atoms with Gasteiger partial charge in [0.15, 0.2) is 9.84 Å². The van der Waals surface area contributed by atoms with Crippen molar-refractivity contribution in [3.8, 4) is 0 Å². The summed E-state index contributed by atoms with van der Waals surface area (Å²) in [5.41, 5.74) is 2.13. The van der Waals surface area contributed by atoms with Crippen LogP contribution in [0, 0.1) is 0 Å². The predicted molar refractivity (Wildman–Crippen MR) is 103 cm³/mol. The predicted octanol–water partition coefficient (Wildman–Crippen LogP) is 2.50. The largest absolute Gasteiger partial charge is 0.453 e. The van der Waals surface area contributed by atoms with E-state index in [1.807, 2.05) is 36.4 Å². The fourth-order valence-electron chi connectivity index (χ4n) is 3.87. The number of fused-ring (bicyclic) bond motifs is 1. The third-order valence-electron chi connectivity index (χ3n) is 5.30. The van der Waals surface area contributed by atoms with E-state index in [1.165, 1.54) is 0 Å². The molecule has 2 atom stereocenters. The highest BCUT2D eigenvalue weighted by Gasteiger charge is 2.38. The first-order chi connectivity index (χ1) is 13.4. The number of rotatable bonds is 5. The first-order valence-corrected chi connectivity index (χ1v) is 11.1. The Bertz CT molecular complexity index is 1000. The van der Waals surface area contributed by atoms with E-state index in [-0.39, 0.29) is 29.9 Å². The van der Waals surface area contributed by atoms with Gasteiger partial charge in [-0.15, -0.1) is 0 Å². The van der Waals surface area contributed by atoms with Crippen LogP contribution in [-0.4, -0.2) is 42.7 Å². The van der Waals surface area contributed by atoms with Gasteiger partial charge in [-0.25, -0.2) is 13.2 Å². The summed E-state index contributed by atoms with van der Waals surface area (Å²) in [5.74, 6) is -0.559. The Kier molecular flexibility index (Phi) is 4.93. The zero-order valence-electron chi connectivity index (χ0n) is 15.3. The lowest BCUT2D eigenvalue weighted by Gasteiger charge is -2.29. The van der Waals surface area contributed by atoms with E-state index in [4.69, 9.17) is 4.74 Å². The second kappa shape index (κ2) is 7.39. The molecule has 0 radical (unpaired) electrons. The Labute approximate surface area is 164 Å². The van der Waals surface area contributed by atoms with E-state index in [0.717, 1.165) is 5.56 Å². The summed E-state index contributed by atoms with van der Waals surface area (Å²) in [7, 11) is -3.13. The molecule has 2 aromatic rings. The molecule has 2 aliphatic rings. The second-order valence-electron chi connectivity index (χ2n) is 7.25. The minimum Gasteiger partial charge on any atom is -0.453 e. The van der Waals surface area contributed by atoms with Gasteiger partial charge in [0.2, 0.25) is 5.91 Å². The molecule has 2 aliphatic heterocycles. The number of hydrogen-bond donors (Lipinski definition) is 0. The fourth-order valence-corrected chi connectivity index (χ4v) is 5.60. The number of cyclic esters (lactones) is 1. The van der Waals surface area contributed by atoms with Crippen LogP contribution in [0.1, 0.15) is 40.4 Å². The molecule has 1 saturated heterocycles. The Balaban J connectivity index is 1.56. The van der Waals surface area contributed by atoms with Gasteiger partial charge in [-0.3, -0.25) is 4.79 Å². The van der Waals surface area contributed by atoms with E-state index < -0.39 is 21.9 Å². The zero-order valence-corrected chi connectivity index (χ0v) is 16.1. The van der Waals surface area contributed by atoms with Crippen molar-refractivity contribution in [1.82, 2.24) is 4.90 Å². The number of hydrogen-bond acceptors (Lipinski definition) is 5. The molecule has 0 saturated carbocycles. The summed E-state index contributed by atoms with van der Waals surface area (Å²) >= 11 is 0. The van der Waals surface area contributed by atoms with Gasteiger partial charge in [-0.1, -0.05) is 48.5 Å². The van der Waals surface area contributed by atoms with Crippen LogP contribution < -0.4 is 0 Å². The van der Waals surface area contributed by atoms with Crippen molar-refractivity contribution < 1.29 is 22.7 Å². The number of esters is 1. The summed E-state index contributed by atoms with van der Waals surface area (Å²) < 4.78 is 29.3. The van der Waals surface area contributed by atoms with Crippen molar-refractivity contribution in [1.29, 1.82) is 0 Å². The van der Waals surface area contributed by atoms with Crippen molar-refractivity contribution in [3.63, 3.8) is 0 Å². The number of carbonyl (C=O) groups excluding carboxylic acids is 2. The van der Waals surface area contributed by atoms with E-state index in [2.05, 4.69) is 0 Å². The van der Waals surface area contributed by atoms with Crippen LogP contribution in [0.15, 0.2) is 54.6 Å². The third kappa shape index (κ3) is 3.80. The molecule has 0 aromatic heterocycles. The van der Waals surface area contributed by atoms with Crippen LogP contribution in [0.25, 0.3) is 0 Å². The molecule has 2 aromatic carbocycles. The first-order valence-electron chi connectivity index (χ1n) is 9.27. The summed E-state index contributed by atoms with van der Waals surface area (Å²) in [6, 6.07) is 16.2. The summed E-state index contributed by atoms with van der Waals surface area (Å²) in [5, 5.41) is 0. The molecule has 4 rings (SSSR count). The van der Waals surface area contributed by atoms with Gasteiger partial charge >= 0.3 is 5.97 Å². The van der Waals surface area contributed by atoms with Gasteiger partial charge in [0.1, 0.15) is 6.10 Å². The quantitative estimate of drug-likeness (QED) is 0.722. The van der Waals surface area contributed by atoms with Crippen molar-refractivity contribution in [3.05, 3.63) is 71.3 Å². The van der Waals surface area contributed by atoms with E-state index in [1.54, 1.807) is 23.1 Å². The third-order valence-corrected chi connectivity index (χ3v) is 7.05. The van der Waals surface area contributed by atoms with Crippen LogP contribution in [0.2, 0.25) is 0 Å². The highest BCUT2D eigenvalue weighted by Crippen LogP contribution is 2.34. The molecule has 0 aliphatic carbocycles. The summed E-state index contributed by atoms with van der Waals surface area (Å²) in [6.45, 7) is 0.335. The van der Waals surface area contributed by atoms with Crippen LogP contribution in [0.4, 0.5) is 0 Å². The normalized spacial score (nSPS) is 22.5. The van der Waals surface area contributed by atoms with Crippen LogP contribution >= 0.6 is 0 Å². The molecular weight excluding hydrogens is 378 g/mol. The highest BCUT2D eigenvalue weighted by atomic mass is 32.2. The van der Waals surface area contributed by atoms with Crippen molar-refractivity contribution in [2.45, 2.75) is 31.5 Å². The van der Waals surface area contributed by atoms with Crippen molar-refractivity contribution in [2.75, 3.05) is 11.5 Å². The number of sulfone groups is 1. The van der Waals surface area contributed by atoms with Gasteiger partial charge in [0.05, 0.1) is 23.5 Å². The second-order valence-corrected chi connectivity index (χ2v) is 9.48. The number of nitrogens with zero attached hydrogens (tertiary/aromatic N) is 1. The molecule has 0 bridgehead atoms. The lowest BCUT2D eigenvalue weighted by molar-refractivity contribution is -0.135. The zero-order chi connectivity index (χ0) is 19.7. The lowest BCUT2D eigenvalue weighted by Crippen LogP contribution is -2.41. The Morgan fingerprint density at radius 3 is 2.50 bits per heavy atom. The number of amides is 1.